The molecule has 1 N–H and O–H groups in total. The molecular formula is C16H17N3O6. The zero-order valence-electron chi connectivity index (χ0n) is 13.9. The van der Waals surface area contributed by atoms with Crippen LogP contribution in [0, 0.1) is 10.1 Å². The molecule has 1 aromatic carbocycles. The highest BCUT2D eigenvalue weighted by molar-refractivity contribution is 5.98. The van der Waals surface area contributed by atoms with E-state index in [1.165, 1.54) is 0 Å². The fourth-order valence-corrected chi connectivity index (χ4v) is 3.17. The number of fused-ring (bicyclic) bond motifs is 1. The van der Waals surface area contributed by atoms with Crippen LogP contribution in [0.3, 0.4) is 0 Å². The summed E-state index contributed by atoms with van der Waals surface area (Å²) in [4.78, 5) is 38.4. The zero-order valence-corrected chi connectivity index (χ0v) is 13.9. The molecule has 0 saturated heterocycles. The topological polar surface area (TPSA) is 112 Å². The number of nitrogens with zero attached hydrogens (tertiary/aromatic N) is 2. The molecule has 0 amide bonds. The van der Waals surface area contributed by atoms with Crippen molar-refractivity contribution in [2.75, 3.05) is 6.61 Å². The van der Waals surface area contributed by atoms with Crippen LogP contribution in [-0.4, -0.2) is 29.3 Å². The van der Waals surface area contributed by atoms with Gasteiger partial charge in [0.25, 0.3) is 6.04 Å². The normalized spacial score (nSPS) is 21.8. The van der Waals surface area contributed by atoms with Crippen LogP contribution in [0.1, 0.15) is 32.3 Å². The maximum absolute atomic E-state index is 12.5. The second-order valence-corrected chi connectivity index (χ2v) is 5.64. The van der Waals surface area contributed by atoms with Crippen molar-refractivity contribution in [3.8, 4) is 11.5 Å². The predicted octanol–water partition coefficient (Wildman–Crippen LogP) is 1.92. The van der Waals surface area contributed by atoms with Gasteiger partial charge in [-0.2, -0.15) is 0 Å². The number of hydrogen-bond acceptors (Lipinski definition) is 8. The number of hydrogen-bond donors (Lipinski definition) is 1. The third-order valence-corrected chi connectivity index (χ3v) is 4.15. The first-order valence-corrected chi connectivity index (χ1v) is 7.73. The fraction of sp³-hybridized carbons (Fsp3) is 0.375. The van der Waals surface area contributed by atoms with E-state index in [4.69, 9.17) is 14.4 Å². The molecular weight excluding hydrogens is 330 g/mol. The van der Waals surface area contributed by atoms with E-state index in [-0.39, 0.29) is 12.2 Å². The van der Waals surface area contributed by atoms with Crippen molar-refractivity contribution in [1.82, 2.24) is 5.64 Å². The van der Waals surface area contributed by atoms with E-state index in [0.29, 0.717) is 28.5 Å². The number of allylic oxidation sites excluding steroid dienone is 1. The second-order valence-electron chi connectivity index (χ2n) is 5.64. The van der Waals surface area contributed by atoms with E-state index in [1.54, 1.807) is 39.0 Å². The Bertz CT molecular complexity index is 801. The average Bonchev–Trinajstić information content (AvgIpc) is 3.02. The minimum atomic E-state index is -1.21. The summed E-state index contributed by atoms with van der Waals surface area (Å²) in [5.41, 5.74) is 3.58. The van der Waals surface area contributed by atoms with Crippen LogP contribution in [0.2, 0.25) is 0 Å². The van der Waals surface area contributed by atoms with E-state index in [9.17, 15) is 14.9 Å². The molecule has 0 spiro atoms. The molecule has 1 aromatic rings. The van der Waals surface area contributed by atoms with E-state index >= 15 is 0 Å². The number of esters is 1. The summed E-state index contributed by atoms with van der Waals surface area (Å²) in [5.74, 6) is -0.827. The highest BCUT2D eigenvalue weighted by atomic mass is 16.9. The lowest BCUT2D eigenvalue weighted by atomic mass is 9.79. The molecule has 0 saturated carbocycles. The van der Waals surface area contributed by atoms with Gasteiger partial charge < -0.3 is 14.4 Å². The van der Waals surface area contributed by atoms with Gasteiger partial charge in [0.15, 0.2) is 11.5 Å². The summed E-state index contributed by atoms with van der Waals surface area (Å²) in [6.45, 7) is 5.04. The van der Waals surface area contributed by atoms with Crippen molar-refractivity contribution >= 4 is 11.7 Å². The number of rotatable bonds is 4. The molecule has 0 bridgehead atoms. The second kappa shape index (κ2) is 6.52. The van der Waals surface area contributed by atoms with Gasteiger partial charge in [-0.1, -0.05) is 12.1 Å². The largest absolute Gasteiger partial charge is 0.463 e. The lowest BCUT2D eigenvalue weighted by Crippen LogP contribution is -2.40. The monoisotopic (exact) mass is 347 g/mol. The van der Waals surface area contributed by atoms with E-state index in [0.717, 1.165) is 0 Å². The number of ether oxygens (including phenoxy) is 1. The maximum Gasteiger partial charge on any atom is 0.336 e. The van der Waals surface area contributed by atoms with Crippen LogP contribution < -0.4 is 15.3 Å². The van der Waals surface area contributed by atoms with Gasteiger partial charge in [-0.05, 0) is 26.8 Å². The molecule has 3 rings (SSSR count). The van der Waals surface area contributed by atoms with Crippen LogP contribution in [-0.2, 0) is 9.53 Å². The van der Waals surface area contributed by atoms with Gasteiger partial charge in [-0.15, -0.1) is 0 Å². The Kier molecular flexibility index (Phi) is 4.41. The van der Waals surface area contributed by atoms with Gasteiger partial charge in [0, 0.05) is 21.8 Å². The maximum atomic E-state index is 12.5. The van der Waals surface area contributed by atoms with Gasteiger partial charge in [0.2, 0.25) is 0 Å². The Morgan fingerprint density at radius 1 is 1.40 bits per heavy atom. The minimum Gasteiger partial charge on any atom is -0.463 e. The first-order valence-electron chi connectivity index (χ1n) is 7.73. The summed E-state index contributed by atoms with van der Waals surface area (Å²) in [6, 6.07) is 3.80. The van der Waals surface area contributed by atoms with Crippen LogP contribution in [0.15, 0.2) is 34.5 Å². The van der Waals surface area contributed by atoms with Crippen molar-refractivity contribution in [3.63, 3.8) is 0 Å². The van der Waals surface area contributed by atoms with Crippen molar-refractivity contribution < 1.29 is 24.1 Å². The minimum absolute atomic E-state index is 0.151. The lowest BCUT2D eigenvalue weighted by molar-refractivity contribution is -0.505. The molecule has 0 fully saturated rings. The summed E-state index contributed by atoms with van der Waals surface area (Å²) < 4.78 is 5.11. The Hall–Kier alpha value is -2.94. The van der Waals surface area contributed by atoms with Gasteiger partial charge >= 0.3 is 5.97 Å². The third-order valence-electron chi connectivity index (χ3n) is 4.15. The Balaban J connectivity index is 2.21. The summed E-state index contributed by atoms with van der Waals surface area (Å²) in [5, 5.41) is 11.7. The van der Waals surface area contributed by atoms with Gasteiger partial charge in [0.05, 0.1) is 23.8 Å². The van der Waals surface area contributed by atoms with Crippen molar-refractivity contribution in [2.45, 2.75) is 32.7 Å². The SMILES string of the molecule is CCOC(=O)C1=C(C)N=C(C)C([N+](=O)[O-])C1c1cccc2c1ONO2. The lowest BCUT2D eigenvalue weighted by Gasteiger charge is -2.27. The van der Waals surface area contributed by atoms with Crippen LogP contribution in [0.5, 0.6) is 11.5 Å². The molecule has 25 heavy (non-hydrogen) atoms. The smallest absolute Gasteiger partial charge is 0.336 e. The quantitative estimate of drug-likeness (QED) is 0.503. The molecule has 9 heteroatoms. The van der Waals surface area contributed by atoms with Crippen molar-refractivity contribution in [2.24, 2.45) is 4.99 Å². The molecule has 2 atom stereocenters. The molecule has 9 nitrogen and oxygen atoms in total. The number of nitro groups is 1. The van der Waals surface area contributed by atoms with E-state index in [1.807, 2.05) is 0 Å². The van der Waals surface area contributed by atoms with E-state index in [2.05, 4.69) is 10.6 Å². The molecule has 132 valence electrons. The Morgan fingerprint density at radius 2 is 2.16 bits per heavy atom. The number of carbonyl (C=O) groups excluding carboxylic acids is 1. The number of aliphatic imine (C=N–C) groups is 1. The third kappa shape index (κ3) is 2.82. The summed E-state index contributed by atoms with van der Waals surface area (Å²) in [6.07, 6.45) is 0. The summed E-state index contributed by atoms with van der Waals surface area (Å²) >= 11 is 0. The number of nitrogens with one attached hydrogen (secondary N) is 1. The predicted molar refractivity (Wildman–Crippen MR) is 86.8 cm³/mol. The Morgan fingerprint density at radius 3 is 2.84 bits per heavy atom. The standard InChI is InChI=1S/C16H17N3O6/c1-4-23-16(20)12-8(2)17-9(3)14(19(21)22)13(12)10-6-5-7-11-15(10)25-18-24-11/h5-7,13-14,18H,4H2,1-3H3. The molecule has 2 unspecified atom stereocenters. The van der Waals surface area contributed by atoms with Gasteiger partial charge in [0.1, 0.15) is 0 Å². The van der Waals surface area contributed by atoms with Crippen LogP contribution in [0.4, 0.5) is 0 Å². The fourth-order valence-electron chi connectivity index (χ4n) is 3.17. The highest BCUT2D eigenvalue weighted by Crippen LogP contribution is 2.45. The van der Waals surface area contributed by atoms with Crippen LogP contribution in [0.25, 0.3) is 0 Å². The number of carbonyl (C=O) groups is 1. The number of benzene rings is 1. The van der Waals surface area contributed by atoms with Crippen LogP contribution >= 0.6 is 0 Å². The molecule has 0 radical (unpaired) electrons. The Labute approximate surface area is 143 Å². The first kappa shape index (κ1) is 16.9. The molecule has 0 aliphatic carbocycles. The molecule has 2 aliphatic rings. The molecule has 2 heterocycles. The zero-order chi connectivity index (χ0) is 18.1. The van der Waals surface area contributed by atoms with Gasteiger partial charge in [-0.25, -0.2) is 4.79 Å². The summed E-state index contributed by atoms with van der Waals surface area (Å²) in [7, 11) is 0. The van der Waals surface area contributed by atoms with Crippen molar-refractivity contribution in [3.05, 3.63) is 45.1 Å². The van der Waals surface area contributed by atoms with Crippen molar-refractivity contribution in [1.29, 1.82) is 0 Å². The molecule has 2 aliphatic heterocycles. The molecule has 0 aromatic heterocycles. The van der Waals surface area contributed by atoms with Gasteiger partial charge in [-0.3, -0.25) is 15.1 Å². The highest BCUT2D eigenvalue weighted by Gasteiger charge is 2.46. The first-order chi connectivity index (χ1) is 12.0. The van der Waals surface area contributed by atoms with E-state index < -0.39 is 22.9 Å². The average molecular weight is 347 g/mol. The number of para-hydroxylation sites is 1.